The van der Waals surface area contributed by atoms with Gasteiger partial charge in [-0.3, -0.25) is 4.79 Å². The maximum absolute atomic E-state index is 12.4. The largest absolute Gasteiger partial charge is 0.506 e. The standard InChI is InChI=1S/C23H25N3O5.ClH/c1-11-6-16-20(25-22(28)19(21(16)27)23(29)30)15-8-12-7-14(10-24-13-4-3-5-13)26(2)17(12)9-18(15)31-11;/h7-9,11,13,24H,3-6,10H2,1-2H3,(H,29,30)(H2,25,27,28);1H. The fourth-order valence-corrected chi connectivity index (χ4v) is 4.55. The zero-order valence-electron chi connectivity index (χ0n) is 17.9. The lowest BCUT2D eigenvalue weighted by Gasteiger charge is -2.26. The van der Waals surface area contributed by atoms with Crippen molar-refractivity contribution >= 4 is 29.3 Å². The van der Waals surface area contributed by atoms with E-state index in [1.54, 1.807) is 0 Å². The van der Waals surface area contributed by atoms with Gasteiger partial charge in [-0.1, -0.05) is 6.42 Å². The van der Waals surface area contributed by atoms with Crippen LogP contribution in [0.5, 0.6) is 11.5 Å². The molecule has 3 heterocycles. The molecule has 32 heavy (non-hydrogen) atoms. The molecule has 8 nitrogen and oxygen atoms in total. The molecule has 1 atom stereocenters. The number of hydrogen-bond donors (Lipinski definition) is 4. The van der Waals surface area contributed by atoms with E-state index in [9.17, 15) is 19.8 Å². The van der Waals surface area contributed by atoms with Gasteiger partial charge in [0.1, 0.15) is 17.6 Å². The summed E-state index contributed by atoms with van der Waals surface area (Å²) in [5, 5.41) is 24.5. The van der Waals surface area contributed by atoms with E-state index in [1.165, 1.54) is 19.3 Å². The molecule has 3 aromatic rings. The van der Waals surface area contributed by atoms with Crippen LogP contribution < -0.4 is 15.6 Å². The van der Waals surface area contributed by atoms with Crippen molar-refractivity contribution in [2.24, 2.45) is 7.05 Å². The van der Waals surface area contributed by atoms with E-state index in [4.69, 9.17) is 4.74 Å². The molecule has 1 aliphatic carbocycles. The fraction of sp³-hybridized carbons (Fsp3) is 0.391. The summed E-state index contributed by atoms with van der Waals surface area (Å²) < 4.78 is 8.26. The normalized spacial score (nSPS) is 17.5. The third-order valence-electron chi connectivity index (χ3n) is 6.51. The van der Waals surface area contributed by atoms with E-state index < -0.39 is 22.8 Å². The molecule has 0 saturated heterocycles. The van der Waals surface area contributed by atoms with E-state index >= 15 is 0 Å². The summed E-state index contributed by atoms with van der Waals surface area (Å²) in [4.78, 5) is 26.6. The minimum atomic E-state index is -1.46. The Bertz CT molecular complexity index is 1280. The summed E-state index contributed by atoms with van der Waals surface area (Å²) in [5.74, 6) is -1.36. The van der Waals surface area contributed by atoms with E-state index in [2.05, 4.69) is 20.9 Å². The highest BCUT2D eigenvalue weighted by molar-refractivity contribution is 5.94. The first kappa shape index (κ1) is 22.2. The Balaban J connectivity index is 0.00000245. The lowest BCUT2D eigenvalue weighted by molar-refractivity contribution is 0.0691. The summed E-state index contributed by atoms with van der Waals surface area (Å²) in [5.41, 5.74) is 2.11. The molecule has 0 bridgehead atoms. The summed E-state index contributed by atoms with van der Waals surface area (Å²) in [6, 6.07) is 6.58. The van der Waals surface area contributed by atoms with Crippen molar-refractivity contribution in [3.63, 3.8) is 0 Å². The number of H-pyrrole nitrogens is 1. The van der Waals surface area contributed by atoms with Gasteiger partial charge >= 0.3 is 5.97 Å². The van der Waals surface area contributed by atoms with Crippen LogP contribution in [0, 0.1) is 0 Å². The zero-order chi connectivity index (χ0) is 21.9. The van der Waals surface area contributed by atoms with Crippen molar-refractivity contribution in [2.75, 3.05) is 0 Å². The third kappa shape index (κ3) is 3.53. The number of ether oxygens (including phenoxy) is 1. The van der Waals surface area contributed by atoms with Crippen LogP contribution in [-0.4, -0.2) is 37.9 Å². The highest BCUT2D eigenvalue weighted by Crippen LogP contribution is 2.41. The second kappa shape index (κ2) is 8.18. The van der Waals surface area contributed by atoms with Gasteiger partial charge in [0.15, 0.2) is 5.56 Å². The maximum atomic E-state index is 12.4. The predicted molar refractivity (Wildman–Crippen MR) is 123 cm³/mol. The molecule has 1 fully saturated rings. The lowest BCUT2D eigenvalue weighted by Crippen LogP contribution is -2.34. The number of benzene rings is 1. The quantitative estimate of drug-likeness (QED) is 0.475. The van der Waals surface area contributed by atoms with Gasteiger partial charge in [-0.15, -0.1) is 12.4 Å². The Labute approximate surface area is 190 Å². The Morgan fingerprint density at radius 3 is 2.72 bits per heavy atom. The molecular weight excluding hydrogens is 434 g/mol. The predicted octanol–water partition coefficient (Wildman–Crippen LogP) is 3.32. The van der Waals surface area contributed by atoms with Crippen LogP contribution in [0.4, 0.5) is 0 Å². The lowest BCUT2D eigenvalue weighted by atomic mass is 9.93. The summed E-state index contributed by atoms with van der Waals surface area (Å²) >= 11 is 0. The van der Waals surface area contributed by atoms with Crippen LogP contribution in [0.3, 0.4) is 0 Å². The number of aromatic nitrogens is 2. The number of halogens is 1. The topological polar surface area (TPSA) is 117 Å². The zero-order valence-corrected chi connectivity index (χ0v) is 18.7. The SMILES string of the molecule is CC1Cc2c([nH]c(=O)c(C(=O)O)c2O)-c2cc3cc(CNC4CCC4)n(C)c3cc2O1.Cl. The van der Waals surface area contributed by atoms with Gasteiger partial charge in [0, 0.05) is 54.3 Å². The van der Waals surface area contributed by atoms with Crippen molar-refractivity contribution in [3.8, 4) is 22.8 Å². The van der Waals surface area contributed by atoms with Crippen LogP contribution in [-0.2, 0) is 20.0 Å². The van der Waals surface area contributed by atoms with Crippen LogP contribution >= 0.6 is 12.4 Å². The molecule has 170 valence electrons. The molecule has 1 aliphatic heterocycles. The molecule has 5 rings (SSSR count). The molecule has 9 heteroatoms. The minimum Gasteiger partial charge on any atom is -0.506 e. The number of hydrogen-bond acceptors (Lipinski definition) is 5. The number of aromatic carboxylic acids is 1. The molecule has 2 aliphatic rings. The molecule has 0 spiro atoms. The second-order valence-electron chi connectivity index (χ2n) is 8.58. The Kier molecular flexibility index (Phi) is 5.68. The van der Waals surface area contributed by atoms with Gasteiger partial charge in [0.25, 0.3) is 5.56 Å². The number of aryl methyl sites for hydroxylation is 1. The van der Waals surface area contributed by atoms with E-state index in [0.717, 1.165) is 23.1 Å². The molecule has 0 amide bonds. The van der Waals surface area contributed by atoms with Gasteiger partial charge in [-0.05, 0) is 31.9 Å². The van der Waals surface area contributed by atoms with Gasteiger partial charge < -0.3 is 29.8 Å². The summed E-state index contributed by atoms with van der Waals surface area (Å²) in [6.07, 6.45) is 3.69. The fourth-order valence-electron chi connectivity index (χ4n) is 4.55. The first-order valence-electron chi connectivity index (χ1n) is 10.6. The molecule has 4 N–H and O–H groups in total. The van der Waals surface area contributed by atoms with Crippen molar-refractivity contribution < 1.29 is 19.7 Å². The van der Waals surface area contributed by atoms with Crippen LogP contribution in [0.15, 0.2) is 23.0 Å². The molecule has 0 radical (unpaired) electrons. The van der Waals surface area contributed by atoms with Crippen molar-refractivity contribution in [1.82, 2.24) is 14.9 Å². The number of carbonyl (C=O) groups is 1. The molecule has 1 aromatic carbocycles. The van der Waals surface area contributed by atoms with Gasteiger partial charge in [-0.2, -0.15) is 0 Å². The molecule has 1 unspecified atom stereocenters. The van der Waals surface area contributed by atoms with Crippen molar-refractivity contribution in [3.05, 3.63) is 45.4 Å². The molecule has 2 aromatic heterocycles. The third-order valence-corrected chi connectivity index (χ3v) is 6.51. The first-order chi connectivity index (χ1) is 14.8. The van der Waals surface area contributed by atoms with E-state index in [0.29, 0.717) is 28.6 Å². The van der Waals surface area contributed by atoms with Gasteiger partial charge in [0.05, 0.1) is 11.2 Å². The highest BCUT2D eigenvalue weighted by atomic mass is 35.5. The maximum Gasteiger partial charge on any atom is 0.345 e. The first-order valence-corrected chi connectivity index (χ1v) is 10.6. The Morgan fingerprint density at radius 2 is 2.06 bits per heavy atom. The Morgan fingerprint density at radius 1 is 1.31 bits per heavy atom. The molecule has 1 saturated carbocycles. The van der Waals surface area contributed by atoms with Crippen LogP contribution in [0.2, 0.25) is 0 Å². The average molecular weight is 460 g/mol. The second-order valence-corrected chi connectivity index (χ2v) is 8.58. The monoisotopic (exact) mass is 459 g/mol. The van der Waals surface area contributed by atoms with Crippen LogP contribution in [0.1, 0.15) is 47.8 Å². The average Bonchev–Trinajstić information content (AvgIpc) is 2.89. The number of nitrogens with one attached hydrogen (secondary N) is 2. The smallest absolute Gasteiger partial charge is 0.345 e. The van der Waals surface area contributed by atoms with Gasteiger partial charge in [-0.25, -0.2) is 4.79 Å². The number of carboxylic acids is 1. The van der Waals surface area contributed by atoms with E-state index in [-0.39, 0.29) is 24.9 Å². The number of aromatic amines is 1. The molecular formula is C23H26ClN3O5. The number of aromatic hydroxyl groups is 1. The van der Waals surface area contributed by atoms with E-state index in [1.807, 2.05) is 26.1 Å². The van der Waals surface area contributed by atoms with Crippen molar-refractivity contribution in [2.45, 2.75) is 51.3 Å². The number of pyridine rings is 1. The van der Waals surface area contributed by atoms with Crippen molar-refractivity contribution in [1.29, 1.82) is 0 Å². The van der Waals surface area contributed by atoms with Crippen LogP contribution in [0.25, 0.3) is 22.2 Å². The summed E-state index contributed by atoms with van der Waals surface area (Å²) in [6.45, 7) is 2.63. The Hall–Kier alpha value is -2.97. The minimum absolute atomic E-state index is 0. The highest BCUT2D eigenvalue weighted by Gasteiger charge is 2.29. The number of carboxylic acid groups (broad SMARTS) is 1. The number of fused-ring (bicyclic) bond motifs is 4. The van der Waals surface area contributed by atoms with Gasteiger partial charge in [0.2, 0.25) is 0 Å². The summed E-state index contributed by atoms with van der Waals surface area (Å²) in [7, 11) is 2.02. The number of rotatable bonds is 4. The number of nitrogens with zero attached hydrogens (tertiary/aromatic N) is 1.